The minimum Gasteiger partial charge on any atom is -0.353 e. The molecule has 90 valence electrons. The Balaban J connectivity index is 2.62. The molecule has 0 spiro atoms. The van der Waals surface area contributed by atoms with Crippen molar-refractivity contribution < 1.29 is 0 Å². The van der Waals surface area contributed by atoms with E-state index < -0.39 is 0 Å². The standard InChI is InChI=1S/C11H20N4S/c1-7(2)14-11(15-12)13-6-10-5-8(3)9(4)16-10/h5,7H,6,12H2,1-4H3,(H2,13,14,15). The zero-order chi connectivity index (χ0) is 12.1. The van der Waals surface area contributed by atoms with Gasteiger partial charge in [0.2, 0.25) is 5.96 Å². The van der Waals surface area contributed by atoms with Crippen molar-refractivity contribution in [1.82, 2.24) is 10.7 Å². The lowest BCUT2D eigenvalue weighted by Gasteiger charge is -2.11. The molecule has 1 aromatic heterocycles. The molecule has 0 amide bonds. The molecule has 0 saturated carbocycles. The minimum absolute atomic E-state index is 0.321. The fourth-order valence-corrected chi connectivity index (χ4v) is 2.27. The van der Waals surface area contributed by atoms with Crippen LogP contribution in [0.15, 0.2) is 11.1 Å². The molecule has 16 heavy (non-hydrogen) atoms. The fourth-order valence-electron chi connectivity index (χ4n) is 1.29. The van der Waals surface area contributed by atoms with E-state index in [9.17, 15) is 0 Å². The van der Waals surface area contributed by atoms with Crippen molar-refractivity contribution in [2.75, 3.05) is 0 Å². The smallest absolute Gasteiger partial charge is 0.206 e. The van der Waals surface area contributed by atoms with Gasteiger partial charge in [0, 0.05) is 15.8 Å². The summed E-state index contributed by atoms with van der Waals surface area (Å²) in [5.41, 5.74) is 3.90. The lowest BCUT2D eigenvalue weighted by molar-refractivity contribution is 0.702. The van der Waals surface area contributed by atoms with Crippen molar-refractivity contribution in [2.45, 2.75) is 40.3 Å². The van der Waals surface area contributed by atoms with E-state index in [1.165, 1.54) is 15.3 Å². The normalized spacial score (nSPS) is 12.0. The highest BCUT2D eigenvalue weighted by molar-refractivity contribution is 7.12. The Hall–Kier alpha value is -1.07. The van der Waals surface area contributed by atoms with Gasteiger partial charge in [-0.05, 0) is 39.3 Å². The van der Waals surface area contributed by atoms with Gasteiger partial charge in [-0.1, -0.05) is 0 Å². The van der Waals surface area contributed by atoms with Crippen LogP contribution in [-0.4, -0.2) is 12.0 Å². The van der Waals surface area contributed by atoms with E-state index in [1.807, 2.05) is 13.8 Å². The van der Waals surface area contributed by atoms with Crippen LogP contribution in [0.5, 0.6) is 0 Å². The lowest BCUT2D eigenvalue weighted by Crippen LogP contribution is -2.44. The molecule has 0 bridgehead atoms. The highest BCUT2D eigenvalue weighted by Gasteiger charge is 2.02. The predicted octanol–water partition coefficient (Wildman–Crippen LogP) is 1.68. The lowest BCUT2D eigenvalue weighted by atomic mass is 10.3. The van der Waals surface area contributed by atoms with E-state index in [-0.39, 0.29) is 0 Å². The zero-order valence-corrected chi connectivity index (χ0v) is 11.1. The van der Waals surface area contributed by atoms with Crippen LogP contribution in [0, 0.1) is 13.8 Å². The monoisotopic (exact) mass is 240 g/mol. The van der Waals surface area contributed by atoms with Gasteiger partial charge in [-0.2, -0.15) is 0 Å². The molecule has 0 unspecified atom stereocenters. The maximum absolute atomic E-state index is 5.38. The number of hydrogen-bond donors (Lipinski definition) is 3. The summed E-state index contributed by atoms with van der Waals surface area (Å²) >= 11 is 1.78. The van der Waals surface area contributed by atoms with E-state index in [4.69, 9.17) is 5.84 Å². The maximum atomic E-state index is 5.38. The molecule has 4 N–H and O–H groups in total. The average molecular weight is 240 g/mol. The summed E-state index contributed by atoms with van der Waals surface area (Å²) in [4.78, 5) is 7.00. The summed E-state index contributed by atoms with van der Waals surface area (Å²) in [5.74, 6) is 6.02. The molecular formula is C11H20N4S. The van der Waals surface area contributed by atoms with E-state index >= 15 is 0 Å². The molecule has 4 nitrogen and oxygen atoms in total. The molecule has 0 fully saturated rings. The Morgan fingerprint density at radius 2 is 2.19 bits per heavy atom. The molecule has 5 heteroatoms. The predicted molar refractivity (Wildman–Crippen MR) is 70.5 cm³/mol. The number of aliphatic imine (C=N–C) groups is 1. The summed E-state index contributed by atoms with van der Waals surface area (Å²) in [6.07, 6.45) is 0. The van der Waals surface area contributed by atoms with E-state index in [0.29, 0.717) is 18.5 Å². The molecule has 0 atom stereocenters. The zero-order valence-electron chi connectivity index (χ0n) is 10.3. The van der Waals surface area contributed by atoms with Crippen molar-refractivity contribution in [2.24, 2.45) is 10.8 Å². The average Bonchev–Trinajstić information content (AvgIpc) is 2.53. The fraction of sp³-hybridized carbons (Fsp3) is 0.545. The first-order valence-electron chi connectivity index (χ1n) is 5.36. The van der Waals surface area contributed by atoms with Gasteiger partial charge in [0.1, 0.15) is 0 Å². The van der Waals surface area contributed by atoms with Crippen LogP contribution in [0.1, 0.15) is 29.2 Å². The third kappa shape index (κ3) is 3.83. The van der Waals surface area contributed by atoms with Crippen LogP contribution in [0.4, 0.5) is 0 Å². The van der Waals surface area contributed by atoms with Gasteiger partial charge in [-0.15, -0.1) is 11.3 Å². The molecule has 1 rings (SSSR count). The number of nitrogens with zero attached hydrogens (tertiary/aromatic N) is 1. The molecule has 1 heterocycles. The number of guanidine groups is 1. The first-order valence-corrected chi connectivity index (χ1v) is 6.18. The van der Waals surface area contributed by atoms with Crippen molar-refractivity contribution in [3.63, 3.8) is 0 Å². The molecule has 1 aromatic rings. The summed E-state index contributed by atoms with van der Waals surface area (Å²) in [7, 11) is 0. The third-order valence-electron chi connectivity index (χ3n) is 2.17. The van der Waals surface area contributed by atoms with Gasteiger partial charge in [0.25, 0.3) is 0 Å². The Bertz CT molecular complexity index is 349. The quantitative estimate of drug-likeness (QED) is 0.326. The van der Waals surface area contributed by atoms with Gasteiger partial charge in [-0.25, -0.2) is 10.8 Å². The van der Waals surface area contributed by atoms with E-state index in [0.717, 1.165) is 0 Å². The Morgan fingerprint density at radius 1 is 1.50 bits per heavy atom. The van der Waals surface area contributed by atoms with Crippen LogP contribution < -0.4 is 16.6 Å². The SMILES string of the molecule is Cc1cc(CN=C(NN)NC(C)C)sc1C. The van der Waals surface area contributed by atoms with Gasteiger partial charge >= 0.3 is 0 Å². The second-order valence-electron chi connectivity index (χ2n) is 4.06. The summed E-state index contributed by atoms with van der Waals surface area (Å²) < 4.78 is 0. The van der Waals surface area contributed by atoms with Gasteiger partial charge < -0.3 is 5.32 Å². The number of hydrogen-bond acceptors (Lipinski definition) is 3. The molecular weight excluding hydrogens is 220 g/mol. The topological polar surface area (TPSA) is 62.4 Å². The molecule has 0 radical (unpaired) electrons. The number of hydrazine groups is 1. The molecule has 0 saturated heterocycles. The van der Waals surface area contributed by atoms with Crippen LogP contribution in [0.25, 0.3) is 0 Å². The Labute approximate surface area is 101 Å². The highest BCUT2D eigenvalue weighted by Crippen LogP contribution is 2.20. The Morgan fingerprint density at radius 3 is 2.62 bits per heavy atom. The largest absolute Gasteiger partial charge is 0.353 e. The van der Waals surface area contributed by atoms with E-state index in [1.54, 1.807) is 11.3 Å². The number of aryl methyl sites for hydroxylation is 2. The van der Waals surface area contributed by atoms with Gasteiger partial charge in [0.15, 0.2) is 0 Å². The summed E-state index contributed by atoms with van der Waals surface area (Å²) in [5, 5.41) is 3.14. The van der Waals surface area contributed by atoms with E-state index in [2.05, 4.69) is 35.6 Å². The maximum Gasteiger partial charge on any atom is 0.206 e. The van der Waals surface area contributed by atoms with Gasteiger partial charge in [-0.3, -0.25) is 5.43 Å². The summed E-state index contributed by atoms with van der Waals surface area (Å²) in [6, 6.07) is 2.49. The van der Waals surface area contributed by atoms with Crippen LogP contribution in [0.3, 0.4) is 0 Å². The second-order valence-corrected chi connectivity index (χ2v) is 5.40. The molecule has 0 aliphatic rings. The molecule has 0 aromatic carbocycles. The van der Waals surface area contributed by atoms with Crippen molar-refractivity contribution >= 4 is 17.3 Å². The molecule has 0 aliphatic carbocycles. The number of thiophene rings is 1. The highest BCUT2D eigenvalue weighted by atomic mass is 32.1. The summed E-state index contributed by atoms with van der Waals surface area (Å²) in [6.45, 7) is 9.01. The number of nitrogens with two attached hydrogens (primary N) is 1. The van der Waals surface area contributed by atoms with Crippen LogP contribution in [-0.2, 0) is 6.54 Å². The van der Waals surface area contributed by atoms with Crippen LogP contribution >= 0.6 is 11.3 Å². The molecule has 0 aliphatic heterocycles. The number of nitrogens with one attached hydrogen (secondary N) is 2. The Kier molecular flexibility index (Phi) is 4.76. The first kappa shape index (κ1) is 13.0. The van der Waals surface area contributed by atoms with Crippen LogP contribution in [0.2, 0.25) is 0 Å². The van der Waals surface area contributed by atoms with Crippen molar-refractivity contribution in [3.05, 3.63) is 21.4 Å². The third-order valence-corrected chi connectivity index (χ3v) is 3.31. The van der Waals surface area contributed by atoms with Crippen molar-refractivity contribution in [3.8, 4) is 0 Å². The van der Waals surface area contributed by atoms with Gasteiger partial charge in [0.05, 0.1) is 6.54 Å². The number of rotatable bonds is 3. The van der Waals surface area contributed by atoms with Crippen molar-refractivity contribution in [1.29, 1.82) is 0 Å². The minimum atomic E-state index is 0.321. The first-order chi connectivity index (χ1) is 7.52. The second kappa shape index (κ2) is 5.86.